The Kier molecular flexibility index (Phi) is 5.48. The van der Waals surface area contributed by atoms with Gasteiger partial charge in [-0.05, 0) is 19.4 Å². The minimum Gasteiger partial charge on any atom is -0.367 e. The highest BCUT2D eigenvalue weighted by molar-refractivity contribution is 5.85. The Labute approximate surface area is 102 Å². The molecule has 5 nitrogen and oxygen atoms in total. The van der Waals surface area contributed by atoms with Gasteiger partial charge < -0.3 is 15.8 Å². The second-order valence-electron chi connectivity index (χ2n) is 4.26. The van der Waals surface area contributed by atoms with Gasteiger partial charge in [-0.1, -0.05) is 0 Å². The van der Waals surface area contributed by atoms with Gasteiger partial charge in [0.05, 0.1) is 6.61 Å². The molecule has 0 bridgehead atoms. The van der Waals surface area contributed by atoms with Crippen molar-refractivity contribution in [3.05, 3.63) is 0 Å². The third kappa shape index (κ3) is 3.31. The molecule has 6 heteroatoms. The van der Waals surface area contributed by atoms with Crippen LogP contribution in [0.1, 0.15) is 12.8 Å². The highest BCUT2D eigenvalue weighted by Gasteiger charge is 2.29. The Hall–Kier alpha value is -0.360. The average molecular weight is 250 g/mol. The van der Waals surface area contributed by atoms with Gasteiger partial charge >= 0.3 is 0 Å². The predicted molar refractivity (Wildman–Crippen MR) is 63.6 cm³/mol. The summed E-state index contributed by atoms with van der Waals surface area (Å²) in [6.07, 6.45) is 2.00. The van der Waals surface area contributed by atoms with Crippen LogP contribution in [0.3, 0.4) is 0 Å². The molecule has 0 aromatic carbocycles. The summed E-state index contributed by atoms with van der Waals surface area (Å²) in [5.41, 5.74) is 5.25. The van der Waals surface area contributed by atoms with Crippen molar-refractivity contribution in [2.75, 3.05) is 32.8 Å². The monoisotopic (exact) mass is 249 g/mol. The molecular weight excluding hydrogens is 230 g/mol. The number of carbonyl (C=O) groups excluding carboxylic acids is 1. The largest absolute Gasteiger partial charge is 0.367 e. The lowest BCUT2D eigenvalue weighted by molar-refractivity contribution is -0.136. The van der Waals surface area contributed by atoms with Gasteiger partial charge in [0, 0.05) is 25.7 Å². The summed E-state index contributed by atoms with van der Waals surface area (Å²) in [6.45, 7) is 4.31. The first-order valence-corrected chi connectivity index (χ1v) is 5.63. The molecule has 0 aliphatic carbocycles. The molecule has 0 spiro atoms. The summed E-state index contributed by atoms with van der Waals surface area (Å²) in [7, 11) is 0. The molecule has 2 saturated heterocycles. The third-order valence-electron chi connectivity index (χ3n) is 3.20. The lowest BCUT2D eigenvalue weighted by Gasteiger charge is -2.39. The van der Waals surface area contributed by atoms with E-state index in [9.17, 15) is 4.79 Å². The maximum Gasteiger partial charge on any atom is 0.247 e. The molecule has 2 rings (SSSR count). The molecule has 2 aliphatic heterocycles. The van der Waals surface area contributed by atoms with E-state index >= 15 is 0 Å². The van der Waals surface area contributed by atoms with Crippen molar-refractivity contribution in [1.82, 2.24) is 10.2 Å². The first kappa shape index (κ1) is 13.7. The van der Waals surface area contributed by atoms with Crippen LogP contribution in [0.5, 0.6) is 0 Å². The molecule has 16 heavy (non-hydrogen) atoms. The van der Waals surface area contributed by atoms with Gasteiger partial charge in [-0.3, -0.25) is 9.69 Å². The zero-order valence-corrected chi connectivity index (χ0v) is 10.2. The van der Waals surface area contributed by atoms with Crippen molar-refractivity contribution in [1.29, 1.82) is 0 Å². The zero-order valence-electron chi connectivity index (χ0n) is 9.35. The molecule has 0 radical (unpaired) electrons. The van der Waals surface area contributed by atoms with E-state index < -0.39 is 6.10 Å². The number of carbonyl (C=O) groups is 1. The standard InChI is InChI=1S/C10H19N3O2.ClH/c11-10(14)9-7-13(4-5-15-9)8-2-1-3-12-6-8;/h8-9,12H,1-7H2,(H2,11,14);1H/t8-,9?;/m0./s1. The van der Waals surface area contributed by atoms with Crippen molar-refractivity contribution >= 4 is 18.3 Å². The van der Waals surface area contributed by atoms with Crippen molar-refractivity contribution in [2.24, 2.45) is 5.73 Å². The third-order valence-corrected chi connectivity index (χ3v) is 3.20. The summed E-state index contributed by atoms with van der Waals surface area (Å²) >= 11 is 0. The molecule has 2 atom stereocenters. The number of halogens is 1. The highest BCUT2D eigenvalue weighted by atomic mass is 35.5. The van der Waals surface area contributed by atoms with E-state index in [1.54, 1.807) is 0 Å². The fraction of sp³-hybridized carbons (Fsp3) is 0.900. The zero-order chi connectivity index (χ0) is 10.7. The number of primary amides is 1. The summed E-state index contributed by atoms with van der Waals surface area (Å²) in [5.74, 6) is -0.344. The minimum absolute atomic E-state index is 0. The number of rotatable bonds is 2. The molecule has 1 unspecified atom stereocenters. The van der Waals surface area contributed by atoms with Crippen LogP contribution in [0, 0.1) is 0 Å². The van der Waals surface area contributed by atoms with Gasteiger partial charge in [-0.15, -0.1) is 12.4 Å². The van der Waals surface area contributed by atoms with Crippen molar-refractivity contribution < 1.29 is 9.53 Å². The van der Waals surface area contributed by atoms with Crippen LogP contribution in [0.15, 0.2) is 0 Å². The van der Waals surface area contributed by atoms with Gasteiger partial charge in [0.25, 0.3) is 0 Å². The lowest BCUT2D eigenvalue weighted by Crippen LogP contribution is -2.55. The quantitative estimate of drug-likeness (QED) is 0.682. The van der Waals surface area contributed by atoms with Crippen LogP contribution in [-0.2, 0) is 9.53 Å². The maximum absolute atomic E-state index is 11.0. The van der Waals surface area contributed by atoms with E-state index in [0.717, 1.165) is 19.6 Å². The van der Waals surface area contributed by atoms with Crippen molar-refractivity contribution in [3.63, 3.8) is 0 Å². The first-order chi connectivity index (χ1) is 7.27. The van der Waals surface area contributed by atoms with Crippen LogP contribution >= 0.6 is 12.4 Å². The van der Waals surface area contributed by atoms with E-state index in [1.165, 1.54) is 12.8 Å². The van der Waals surface area contributed by atoms with Crippen LogP contribution in [0.4, 0.5) is 0 Å². The van der Waals surface area contributed by atoms with Crippen LogP contribution in [0.2, 0.25) is 0 Å². The number of amides is 1. The Bertz CT molecular complexity index is 234. The first-order valence-electron chi connectivity index (χ1n) is 5.63. The molecule has 0 aromatic rings. The molecule has 94 valence electrons. The number of hydrogen-bond acceptors (Lipinski definition) is 4. The number of nitrogens with two attached hydrogens (primary N) is 1. The number of hydrogen-bond donors (Lipinski definition) is 2. The van der Waals surface area contributed by atoms with Crippen LogP contribution in [-0.4, -0.2) is 55.7 Å². The van der Waals surface area contributed by atoms with E-state index in [0.29, 0.717) is 19.2 Å². The summed E-state index contributed by atoms with van der Waals surface area (Å²) < 4.78 is 5.32. The SMILES string of the molecule is Cl.NC(=O)C1CN([C@H]2CCCNC2)CCO1. The van der Waals surface area contributed by atoms with E-state index in [-0.39, 0.29) is 18.3 Å². The topological polar surface area (TPSA) is 67.6 Å². The number of ether oxygens (including phenoxy) is 1. The summed E-state index contributed by atoms with van der Waals surface area (Å²) in [5, 5.41) is 3.38. The molecule has 3 N–H and O–H groups in total. The number of piperidine rings is 1. The molecule has 1 amide bonds. The second-order valence-corrected chi connectivity index (χ2v) is 4.26. The molecule has 2 heterocycles. The van der Waals surface area contributed by atoms with Crippen LogP contribution in [0.25, 0.3) is 0 Å². The fourth-order valence-corrected chi connectivity index (χ4v) is 2.32. The summed E-state index contributed by atoms with van der Waals surface area (Å²) in [6, 6.07) is 0.546. The Morgan fingerprint density at radius 3 is 2.94 bits per heavy atom. The molecule has 0 saturated carbocycles. The summed E-state index contributed by atoms with van der Waals surface area (Å²) in [4.78, 5) is 13.4. The van der Waals surface area contributed by atoms with E-state index in [1.807, 2.05) is 0 Å². The van der Waals surface area contributed by atoms with E-state index in [4.69, 9.17) is 10.5 Å². The van der Waals surface area contributed by atoms with Crippen LogP contribution < -0.4 is 11.1 Å². The molecule has 2 aliphatic rings. The fourth-order valence-electron chi connectivity index (χ4n) is 2.32. The minimum atomic E-state index is -0.416. The van der Waals surface area contributed by atoms with Gasteiger partial charge in [0.15, 0.2) is 0 Å². The Morgan fingerprint density at radius 2 is 2.31 bits per heavy atom. The number of nitrogens with one attached hydrogen (secondary N) is 1. The van der Waals surface area contributed by atoms with Crippen molar-refractivity contribution in [3.8, 4) is 0 Å². The second kappa shape index (κ2) is 6.39. The molecule has 2 fully saturated rings. The number of morpholine rings is 1. The normalized spacial score (nSPS) is 31.8. The van der Waals surface area contributed by atoms with Crippen molar-refractivity contribution in [2.45, 2.75) is 25.0 Å². The average Bonchev–Trinajstić information content (AvgIpc) is 2.30. The lowest BCUT2D eigenvalue weighted by atomic mass is 10.0. The van der Waals surface area contributed by atoms with Gasteiger partial charge in [0.2, 0.25) is 5.91 Å². The maximum atomic E-state index is 11.0. The molecular formula is C10H20ClN3O2. The van der Waals surface area contributed by atoms with Gasteiger partial charge in [0.1, 0.15) is 6.10 Å². The number of nitrogens with zero attached hydrogens (tertiary/aromatic N) is 1. The molecule has 0 aromatic heterocycles. The predicted octanol–water partition coefficient (Wildman–Crippen LogP) is -0.654. The highest BCUT2D eigenvalue weighted by Crippen LogP contribution is 2.14. The Balaban J connectivity index is 0.00000128. The van der Waals surface area contributed by atoms with Gasteiger partial charge in [-0.2, -0.15) is 0 Å². The smallest absolute Gasteiger partial charge is 0.247 e. The van der Waals surface area contributed by atoms with E-state index in [2.05, 4.69) is 10.2 Å². The van der Waals surface area contributed by atoms with Gasteiger partial charge in [-0.25, -0.2) is 0 Å². The Morgan fingerprint density at radius 1 is 1.50 bits per heavy atom.